The van der Waals surface area contributed by atoms with E-state index in [2.05, 4.69) is 4.90 Å². The summed E-state index contributed by atoms with van der Waals surface area (Å²) in [6.45, 7) is 2.86. The van der Waals surface area contributed by atoms with Crippen LogP contribution in [-0.4, -0.2) is 28.6 Å². The molecule has 2 aromatic heterocycles. The highest BCUT2D eigenvalue weighted by Gasteiger charge is 2.34. The van der Waals surface area contributed by atoms with Crippen molar-refractivity contribution in [3.63, 3.8) is 0 Å². The standard InChI is InChI=1S/C26H26N2O2/c29-25-23-18-9-1-2-10-19(18)24(21-12-4-3-11-20(21)23)26(30)28(25)16-17-8-7-15-27-14-6-5-13-22(17)27/h1-4,9-12,17,22H,5-8,13-16H2. The molecule has 3 aromatic carbocycles. The van der Waals surface area contributed by atoms with Crippen LogP contribution in [0.1, 0.15) is 32.1 Å². The van der Waals surface area contributed by atoms with Crippen LogP contribution in [0.2, 0.25) is 0 Å². The highest BCUT2D eigenvalue weighted by atomic mass is 16.2. The number of fused-ring (bicyclic) bond motifs is 3. The molecule has 2 atom stereocenters. The fourth-order valence-electron chi connectivity index (χ4n) is 6.14. The van der Waals surface area contributed by atoms with Crippen LogP contribution in [0.4, 0.5) is 0 Å². The Morgan fingerprint density at radius 2 is 1.23 bits per heavy atom. The molecule has 0 N–H and O–H groups in total. The van der Waals surface area contributed by atoms with Gasteiger partial charge in [-0.15, -0.1) is 0 Å². The predicted octanol–water partition coefficient (Wildman–Crippen LogP) is 4.37. The number of benzene rings is 3. The van der Waals surface area contributed by atoms with Gasteiger partial charge in [0.2, 0.25) is 0 Å². The summed E-state index contributed by atoms with van der Waals surface area (Å²) < 4.78 is 1.58. The lowest BCUT2D eigenvalue weighted by Gasteiger charge is -2.44. The van der Waals surface area contributed by atoms with Crippen molar-refractivity contribution in [2.24, 2.45) is 5.92 Å². The molecule has 0 aliphatic carbocycles. The van der Waals surface area contributed by atoms with Crippen molar-refractivity contribution in [2.45, 2.75) is 44.7 Å². The molecule has 5 aromatic rings. The second kappa shape index (κ2) is 6.92. The van der Waals surface area contributed by atoms with Crippen LogP contribution in [0.15, 0.2) is 58.1 Å². The first-order chi connectivity index (χ1) is 14.7. The summed E-state index contributed by atoms with van der Waals surface area (Å²) in [7, 11) is 0. The summed E-state index contributed by atoms with van der Waals surface area (Å²) in [4.78, 5) is 30.2. The minimum Gasteiger partial charge on any atom is -0.300 e. The Labute approximate surface area is 175 Å². The number of aromatic nitrogens is 1. The van der Waals surface area contributed by atoms with Crippen LogP contribution >= 0.6 is 0 Å². The van der Waals surface area contributed by atoms with Crippen molar-refractivity contribution in [1.82, 2.24) is 9.47 Å². The van der Waals surface area contributed by atoms with Crippen molar-refractivity contribution in [2.75, 3.05) is 13.1 Å². The summed E-state index contributed by atoms with van der Waals surface area (Å²) in [6, 6.07) is 16.3. The molecule has 0 spiro atoms. The van der Waals surface area contributed by atoms with Gasteiger partial charge in [0.1, 0.15) is 0 Å². The van der Waals surface area contributed by atoms with Gasteiger partial charge in [-0.1, -0.05) is 55.0 Å². The lowest BCUT2D eigenvalue weighted by Crippen LogP contribution is -2.50. The molecule has 0 radical (unpaired) electrons. The molecule has 4 heteroatoms. The molecule has 2 unspecified atom stereocenters. The van der Waals surface area contributed by atoms with E-state index in [1.165, 1.54) is 19.3 Å². The molecular weight excluding hydrogens is 372 g/mol. The Balaban J connectivity index is 1.63. The Morgan fingerprint density at radius 1 is 0.700 bits per heavy atom. The fraction of sp³-hybridized carbons (Fsp3) is 0.385. The van der Waals surface area contributed by atoms with Crippen LogP contribution in [0.25, 0.3) is 32.3 Å². The van der Waals surface area contributed by atoms with Gasteiger partial charge in [-0.3, -0.25) is 14.2 Å². The first-order valence-electron chi connectivity index (χ1n) is 11.3. The van der Waals surface area contributed by atoms with Crippen molar-refractivity contribution in [1.29, 1.82) is 0 Å². The molecule has 2 fully saturated rings. The molecule has 30 heavy (non-hydrogen) atoms. The third-order valence-corrected chi connectivity index (χ3v) is 7.50. The van der Waals surface area contributed by atoms with Gasteiger partial charge < -0.3 is 4.90 Å². The molecule has 4 heterocycles. The van der Waals surface area contributed by atoms with Gasteiger partial charge in [-0.2, -0.15) is 0 Å². The van der Waals surface area contributed by atoms with E-state index in [9.17, 15) is 9.59 Å². The Kier molecular flexibility index (Phi) is 4.17. The van der Waals surface area contributed by atoms with E-state index in [-0.39, 0.29) is 11.1 Å². The number of hydrogen-bond acceptors (Lipinski definition) is 3. The van der Waals surface area contributed by atoms with E-state index < -0.39 is 0 Å². The monoisotopic (exact) mass is 398 g/mol. The normalized spacial score (nSPS) is 22.7. The van der Waals surface area contributed by atoms with Gasteiger partial charge in [0.15, 0.2) is 0 Å². The lowest BCUT2D eigenvalue weighted by atomic mass is 9.83. The zero-order valence-corrected chi connectivity index (χ0v) is 17.1. The quantitative estimate of drug-likeness (QED) is 0.471. The van der Waals surface area contributed by atoms with Crippen LogP contribution in [0.5, 0.6) is 0 Å². The van der Waals surface area contributed by atoms with Gasteiger partial charge in [0, 0.05) is 12.6 Å². The average Bonchev–Trinajstić information content (AvgIpc) is 2.94. The number of nitrogens with zero attached hydrogens (tertiary/aromatic N) is 2. The topological polar surface area (TPSA) is 42.3 Å². The molecule has 0 amide bonds. The average molecular weight is 399 g/mol. The van der Waals surface area contributed by atoms with Crippen molar-refractivity contribution >= 4 is 32.3 Å². The first kappa shape index (κ1) is 18.1. The highest BCUT2D eigenvalue weighted by Crippen LogP contribution is 2.34. The highest BCUT2D eigenvalue weighted by molar-refractivity contribution is 6.25. The summed E-state index contributed by atoms with van der Waals surface area (Å²) in [5.41, 5.74) is -0.249. The largest absolute Gasteiger partial charge is 0.300 e. The molecule has 152 valence electrons. The number of piperidine rings is 2. The maximum absolute atomic E-state index is 13.8. The molecule has 2 saturated heterocycles. The Hall–Kier alpha value is -2.72. The minimum atomic E-state index is -0.125. The van der Waals surface area contributed by atoms with Crippen LogP contribution in [0.3, 0.4) is 0 Å². The molecule has 2 aliphatic rings. The molecule has 7 rings (SSSR count). The SMILES string of the molecule is O=c1c2c3ccccc3c(c(=O)n1CC1CCCN3CCCCC13)c1ccccc12. The summed E-state index contributed by atoms with van der Waals surface area (Å²) in [5, 5.41) is 4.97. The van der Waals surface area contributed by atoms with E-state index in [0.717, 1.165) is 47.5 Å². The molecular formula is C26H26N2O2. The second-order valence-corrected chi connectivity index (χ2v) is 9.06. The van der Waals surface area contributed by atoms with E-state index in [0.29, 0.717) is 29.3 Å². The number of rotatable bonds is 2. The van der Waals surface area contributed by atoms with E-state index >= 15 is 0 Å². The van der Waals surface area contributed by atoms with Gasteiger partial charge in [-0.25, -0.2) is 0 Å². The van der Waals surface area contributed by atoms with Crippen LogP contribution in [0, 0.1) is 5.92 Å². The third-order valence-electron chi connectivity index (χ3n) is 7.50. The Morgan fingerprint density at radius 3 is 1.80 bits per heavy atom. The maximum Gasteiger partial charge on any atom is 0.262 e. The predicted molar refractivity (Wildman–Crippen MR) is 123 cm³/mol. The molecule has 2 bridgehead atoms. The minimum absolute atomic E-state index is 0.125. The summed E-state index contributed by atoms with van der Waals surface area (Å²) in [6.07, 6.45) is 5.97. The fourth-order valence-corrected chi connectivity index (χ4v) is 6.14. The van der Waals surface area contributed by atoms with Crippen LogP contribution < -0.4 is 11.1 Å². The van der Waals surface area contributed by atoms with Crippen molar-refractivity contribution in [3.8, 4) is 0 Å². The smallest absolute Gasteiger partial charge is 0.262 e. The lowest BCUT2D eigenvalue weighted by molar-refractivity contribution is 0.0512. The van der Waals surface area contributed by atoms with Gasteiger partial charge in [0.05, 0.1) is 10.8 Å². The second-order valence-electron chi connectivity index (χ2n) is 9.06. The molecule has 0 saturated carbocycles. The summed E-state index contributed by atoms with van der Waals surface area (Å²) in [5.74, 6) is 0.372. The van der Waals surface area contributed by atoms with E-state index in [1.807, 2.05) is 48.5 Å². The van der Waals surface area contributed by atoms with E-state index in [4.69, 9.17) is 0 Å². The molecule has 2 aliphatic heterocycles. The van der Waals surface area contributed by atoms with Crippen molar-refractivity contribution < 1.29 is 0 Å². The first-order valence-corrected chi connectivity index (χ1v) is 11.3. The zero-order valence-electron chi connectivity index (χ0n) is 17.1. The van der Waals surface area contributed by atoms with Gasteiger partial charge >= 0.3 is 0 Å². The summed E-state index contributed by atoms with van der Waals surface area (Å²) >= 11 is 0. The third kappa shape index (κ3) is 2.56. The van der Waals surface area contributed by atoms with Gasteiger partial charge in [0.25, 0.3) is 11.1 Å². The number of hydrogen-bond donors (Lipinski definition) is 0. The van der Waals surface area contributed by atoms with E-state index in [1.54, 1.807) is 4.57 Å². The zero-order chi connectivity index (χ0) is 20.2. The maximum atomic E-state index is 13.8. The van der Waals surface area contributed by atoms with Crippen molar-refractivity contribution in [3.05, 3.63) is 69.2 Å². The Bertz CT molecular complexity index is 1230. The van der Waals surface area contributed by atoms with Gasteiger partial charge in [-0.05, 0) is 66.2 Å². The van der Waals surface area contributed by atoms with Crippen LogP contribution in [-0.2, 0) is 6.54 Å². The molecule has 4 nitrogen and oxygen atoms in total.